The third kappa shape index (κ3) is 3.74. The van der Waals surface area contributed by atoms with Crippen LogP contribution < -0.4 is 5.32 Å². The van der Waals surface area contributed by atoms with E-state index in [1.54, 1.807) is 16.8 Å². The number of nitrogens with one attached hydrogen (secondary N) is 2. The van der Waals surface area contributed by atoms with Gasteiger partial charge in [0.1, 0.15) is 11.5 Å². The second kappa shape index (κ2) is 6.71. The Kier molecular flexibility index (Phi) is 4.57. The number of carboxylic acid groups (broad SMARTS) is 1. The van der Waals surface area contributed by atoms with Crippen molar-refractivity contribution in [3.05, 3.63) is 59.8 Å². The number of benzene rings is 1. The molecule has 140 valence electrons. The largest absolute Gasteiger partial charge is 0.477 e. The standard InChI is InChI=1S/C19H19FN4O3/c1-19(2,3)24-16(11-4-6-12(20)7-5-11)14(10-22-24)17(25)23-13-8-15(18(26)27)21-9-13/h4-10,21H,1-3H3,(H,23,25)(H,26,27). The third-order valence-corrected chi connectivity index (χ3v) is 3.94. The maximum Gasteiger partial charge on any atom is 0.352 e. The van der Waals surface area contributed by atoms with E-state index in [0.717, 1.165) is 0 Å². The van der Waals surface area contributed by atoms with Crippen molar-refractivity contribution in [2.24, 2.45) is 0 Å². The molecule has 1 amide bonds. The fourth-order valence-electron chi connectivity index (χ4n) is 2.70. The number of nitrogens with zero attached hydrogens (tertiary/aromatic N) is 2. The Balaban J connectivity index is 2.01. The van der Waals surface area contributed by atoms with Gasteiger partial charge in [0.2, 0.25) is 0 Å². The fourth-order valence-corrected chi connectivity index (χ4v) is 2.70. The first-order chi connectivity index (χ1) is 12.7. The summed E-state index contributed by atoms with van der Waals surface area (Å²) in [7, 11) is 0. The molecule has 7 nitrogen and oxygen atoms in total. The number of carbonyl (C=O) groups is 2. The molecule has 3 rings (SSSR count). The summed E-state index contributed by atoms with van der Waals surface area (Å²) in [5, 5.41) is 16.0. The highest BCUT2D eigenvalue weighted by molar-refractivity contribution is 6.08. The van der Waals surface area contributed by atoms with Crippen LogP contribution in [-0.2, 0) is 5.54 Å². The number of hydrogen-bond acceptors (Lipinski definition) is 3. The Bertz CT molecular complexity index is 997. The number of aromatic amines is 1. The van der Waals surface area contributed by atoms with Crippen molar-refractivity contribution in [2.45, 2.75) is 26.3 Å². The first-order valence-corrected chi connectivity index (χ1v) is 8.24. The van der Waals surface area contributed by atoms with Crippen molar-refractivity contribution in [1.82, 2.24) is 14.8 Å². The highest BCUT2D eigenvalue weighted by Crippen LogP contribution is 2.29. The maximum atomic E-state index is 13.3. The number of H-pyrrole nitrogens is 1. The smallest absolute Gasteiger partial charge is 0.352 e. The number of carbonyl (C=O) groups excluding carboxylic acids is 1. The van der Waals surface area contributed by atoms with E-state index in [-0.39, 0.29) is 11.5 Å². The van der Waals surface area contributed by atoms with Gasteiger partial charge in [-0.2, -0.15) is 5.10 Å². The number of halogens is 1. The second-order valence-corrected chi connectivity index (χ2v) is 7.06. The van der Waals surface area contributed by atoms with Gasteiger partial charge in [-0.05, 0) is 51.1 Å². The van der Waals surface area contributed by atoms with Crippen molar-refractivity contribution in [1.29, 1.82) is 0 Å². The monoisotopic (exact) mass is 370 g/mol. The van der Waals surface area contributed by atoms with Crippen LogP contribution in [0, 0.1) is 5.82 Å². The van der Waals surface area contributed by atoms with Gasteiger partial charge in [-0.15, -0.1) is 0 Å². The molecule has 27 heavy (non-hydrogen) atoms. The first-order valence-electron chi connectivity index (χ1n) is 8.24. The summed E-state index contributed by atoms with van der Waals surface area (Å²) in [5.74, 6) is -1.94. The molecule has 0 aliphatic carbocycles. The van der Waals surface area contributed by atoms with E-state index in [9.17, 15) is 14.0 Å². The molecule has 0 unspecified atom stereocenters. The zero-order valence-electron chi connectivity index (χ0n) is 15.1. The van der Waals surface area contributed by atoms with E-state index in [4.69, 9.17) is 5.11 Å². The second-order valence-electron chi connectivity index (χ2n) is 7.06. The van der Waals surface area contributed by atoms with E-state index in [2.05, 4.69) is 15.4 Å². The van der Waals surface area contributed by atoms with Crippen LogP contribution >= 0.6 is 0 Å². The molecule has 0 radical (unpaired) electrons. The van der Waals surface area contributed by atoms with E-state index in [1.165, 1.54) is 30.6 Å². The Morgan fingerprint density at radius 2 is 1.89 bits per heavy atom. The molecule has 0 bridgehead atoms. The van der Waals surface area contributed by atoms with Crippen molar-refractivity contribution < 1.29 is 19.1 Å². The Hall–Kier alpha value is -3.42. The summed E-state index contributed by atoms with van der Waals surface area (Å²) in [6.07, 6.45) is 2.84. The summed E-state index contributed by atoms with van der Waals surface area (Å²) in [5.41, 5.74) is 1.38. The summed E-state index contributed by atoms with van der Waals surface area (Å²) < 4.78 is 15.0. The minimum absolute atomic E-state index is 0.0329. The molecule has 0 fully saturated rings. The minimum Gasteiger partial charge on any atom is -0.477 e. The van der Waals surface area contributed by atoms with E-state index in [1.807, 2.05) is 20.8 Å². The van der Waals surface area contributed by atoms with Crippen LogP contribution in [0.3, 0.4) is 0 Å². The molecule has 2 heterocycles. The van der Waals surface area contributed by atoms with Crippen molar-refractivity contribution in [3.63, 3.8) is 0 Å². The molecule has 0 aliphatic heterocycles. The maximum absolute atomic E-state index is 13.3. The van der Waals surface area contributed by atoms with Crippen LogP contribution in [0.25, 0.3) is 11.3 Å². The molecule has 0 saturated carbocycles. The van der Waals surface area contributed by atoms with E-state index in [0.29, 0.717) is 22.5 Å². The number of amides is 1. The molecule has 8 heteroatoms. The third-order valence-electron chi connectivity index (χ3n) is 3.94. The lowest BCUT2D eigenvalue weighted by atomic mass is 10.0. The van der Waals surface area contributed by atoms with Gasteiger partial charge in [-0.25, -0.2) is 9.18 Å². The fraction of sp³-hybridized carbons (Fsp3) is 0.211. The predicted molar refractivity (Wildman–Crippen MR) is 98.3 cm³/mol. The van der Waals surface area contributed by atoms with Crippen LogP contribution in [-0.4, -0.2) is 31.7 Å². The number of hydrogen-bond donors (Lipinski definition) is 3. The number of aromatic carboxylic acids is 1. The van der Waals surface area contributed by atoms with Gasteiger partial charge in [0.15, 0.2) is 0 Å². The SMILES string of the molecule is CC(C)(C)n1ncc(C(=O)Nc2c[nH]c(C(=O)O)c2)c1-c1ccc(F)cc1. The molecule has 0 saturated heterocycles. The zero-order valence-corrected chi connectivity index (χ0v) is 15.1. The van der Waals surface area contributed by atoms with Gasteiger partial charge in [-0.3, -0.25) is 9.48 Å². The van der Waals surface area contributed by atoms with Crippen molar-refractivity contribution in [2.75, 3.05) is 5.32 Å². The Labute approximate surface area is 154 Å². The molecule has 0 spiro atoms. The van der Waals surface area contributed by atoms with Crippen LogP contribution in [0.2, 0.25) is 0 Å². The molecular formula is C19H19FN4O3. The Morgan fingerprint density at radius 3 is 2.44 bits per heavy atom. The lowest BCUT2D eigenvalue weighted by Crippen LogP contribution is -2.24. The molecule has 1 aromatic carbocycles. The van der Waals surface area contributed by atoms with Crippen LogP contribution in [0.15, 0.2) is 42.7 Å². The highest BCUT2D eigenvalue weighted by atomic mass is 19.1. The van der Waals surface area contributed by atoms with Crippen LogP contribution in [0.4, 0.5) is 10.1 Å². The van der Waals surface area contributed by atoms with Gasteiger partial charge in [0.05, 0.1) is 28.7 Å². The molecule has 0 atom stereocenters. The number of aromatic nitrogens is 3. The highest BCUT2D eigenvalue weighted by Gasteiger charge is 2.25. The normalized spacial score (nSPS) is 11.4. The van der Waals surface area contributed by atoms with E-state index < -0.39 is 17.4 Å². The van der Waals surface area contributed by atoms with Gasteiger partial charge >= 0.3 is 5.97 Å². The lowest BCUT2D eigenvalue weighted by molar-refractivity contribution is 0.0691. The molecule has 0 aliphatic rings. The average Bonchev–Trinajstić information content (AvgIpc) is 3.22. The minimum atomic E-state index is -1.12. The predicted octanol–water partition coefficient (Wildman–Crippen LogP) is 3.72. The number of rotatable bonds is 4. The van der Waals surface area contributed by atoms with Crippen LogP contribution in [0.5, 0.6) is 0 Å². The molecule has 3 N–H and O–H groups in total. The zero-order chi connectivity index (χ0) is 19.8. The summed E-state index contributed by atoms with van der Waals surface area (Å²) >= 11 is 0. The average molecular weight is 370 g/mol. The number of anilines is 1. The van der Waals surface area contributed by atoms with Gasteiger partial charge in [0, 0.05) is 11.8 Å². The van der Waals surface area contributed by atoms with Gasteiger partial charge < -0.3 is 15.4 Å². The summed E-state index contributed by atoms with van der Waals surface area (Å²) in [6, 6.07) is 7.14. The number of carboxylic acids is 1. The summed E-state index contributed by atoms with van der Waals surface area (Å²) in [4.78, 5) is 26.3. The summed E-state index contributed by atoms with van der Waals surface area (Å²) in [6.45, 7) is 5.83. The molecular weight excluding hydrogens is 351 g/mol. The van der Waals surface area contributed by atoms with E-state index >= 15 is 0 Å². The lowest BCUT2D eigenvalue weighted by Gasteiger charge is -2.23. The first kappa shape index (κ1) is 18.4. The van der Waals surface area contributed by atoms with Gasteiger partial charge in [0.25, 0.3) is 5.91 Å². The van der Waals surface area contributed by atoms with Crippen molar-refractivity contribution in [3.8, 4) is 11.3 Å². The van der Waals surface area contributed by atoms with Gasteiger partial charge in [-0.1, -0.05) is 0 Å². The quantitative estimate of drug-likeness (QED) is 0.651. The molecule has 2 aromatic heterocycles. The Morgan fingerprint density at radius 1 is 1.22 bits per heavy atom. The topological polar surface area (TPSA) is 100 Å². The van der Waals surface area contributed by atoms with Crippen molar-refractivity contribution >= 4 is 17.6 Å². The van der Waals surface area contributed by atoms with Crippen LogP contribution in [0.1, 0.15) is 41.6 Å². The molecule has 3 aromatic rings.